The summed E-state index contributed by atoms with van der Waals surface area (Å²) < 4.78 is 5.13. The zero-order chi connectivity index (χ0) is 24.8. The van der Waals surface area contributed by atoms with Gasteiger partial charge in [0.05, 0.1) is 12.8 Å². The van der Waals surface area contributed by atoms with Gasteiger partial charge in [-0.2, -0.15) is 0 Å². The minimum Gasteiger partial charge on any atom is -0.459 e. The maximum absolute atomic E-state index is 13.7. The Hall–Kier alpha value is -3.94. The first-order chi connectivity index (χ1) is 16.9. The molecule has 1 aliphatic rings. The number of rotatable bonds is 8. The average Bonchev–Trinajstić information content (AvgIpc) is 3.55. The van der Waals surface area contributed by atoms with Gasteiger partial charge in [-0.3, -0.25) is 24.3 Å². The smallest absolute Gasteiger partial charge is 0.287 e. The molecule has 35 heavy (non-hydrogen) atoms. The first kappa shape index (κ1) is 24.2. The molecule has 0 aliphatic heterocycles. The van der Waals surface area contributed by atoms with Gasteiger partial charge in [0.25, 0.3) is 5.91 Å². The number of pyridine rings is 1. The molecular weight excluding hydrogens is 444 g/mol. The number of benzene rings is 1. The third-order valence-electron chi connectivity index (χ3n) is 6.13. The number of aromatic nitrogens is 1. The molecular formula is C27H30N4O4. The van der Waals surface area contributed by atoms with Crippen molar-refractivity contribution >= 4 is 23.4 Å². The summed E-state index contributed by atoms with van der Waals surface area (Å²) in [6.45, 7) is 3.58. The van der Waals surface area contributed by atoms with Crippen LogP contribution < -0.4 is 15.5 Å². The van der Waals surface area contributed by atoms with Gasteiger partial charge in [-0.1, -0.05) is 18.9 Å². The maximum Gasteiger partial charge on any atom is 0.287 e. The van der Waals surface area contributed by atoms with Crippen LogP contribution in [0.2, 0.25) is 0 Å². The van der Waals surface area contributed by atoms with Gasteiger partial charge in [0.1, 0.15) is 6.04 Å². The zero-order valence-electron chi connectivity index (χ0n) is 20.0. The molecule has 2 heterocycles. The zero-order valence-corrected chi connectivity index (χ0v) is 20.0. The molecule has 3 amide bonds. The second kappa shape index (κ2) is 11.0. The Balaban J connectivity index is 1.69. The average molecular weight is 475 g/mol. The maximum atomic E-state index is 13.7. The molecule has 2 N–H and O–H groups in total. The fourth-order valence-electron chi connectivity index (χ4n) is 4.58. The molecule has 182 valence electrons. The van der Waals surface area contributed by atoms with Gasteiger partial charge in [-0.05, 0) is 79.8 Å². The Kier molecular flexibility index (Phi) is 7.60. The Morgan fingerprint density at radius 3 is 2.37 bits per heavy atom. The highest BCUT2D eigenvalue weighted by Gasteiger charge is 2.34. The van der Waals surface area contributed by atoms with E-state index in [2.05, 4.69) is 15.6 Å². The lowest BCUT2D eigenvalue weighted by atomic mass is 10.0. The van der Waals surface area contributed by atoms with Gasteiger partial charge in [0.15, 0.2) is 5.76 Å². The first-order valence-corrected chi connectivity index (χ1v) is 11.8. The van der Waals surface area contributed by atoms with Gasteiger partial charge in [-0.15, -0.1) is 0 Å². The highest BCUT2D eigenvalue weighted by molar-refractivity contribution is 6.04. The number of nitrogens with zero attached hydrogens (tertiary/aromatic N) is 2. The Morgan fingerprint density at radius 2 is 1.74 bits per heavy atom. The van der Waals surface area contributed by atoms with Crippen LogP contribution in [0.25, 0.3) is 0 Å². The monoisotopic (exact) mass is 474 g/mol. The van der Waals surface area contributed by atoms with Crippen LogP contribution in [0, 0.1) is 13.8 Å². The predicted octanol–water partition coefficient (Wildman–Crippen LogP) is 3.85. The molecule has 0 radical (unpaired) electrons. The molecule has 0 spiro atoms. The van der Waals surface area contributed by atoms with E-state index in [1.54, 1.807) is 30.6 Å². The summed E-state index contributed by atoms with van der Waals surface area (Å²) in [5.41, 5.74) is 3.15. The summed E-state index contributed by atoms with van der Waals surface area (Å²) in [4.78, 5) is 45.3. The quantitative estimate of drug-likeness (QED) is 0.516. The van der Waals surface area contributed by atoms with E-state index in [1.165, 1.54) is 17.2 Å². The second-order valence-corrected chi connectivity index (χ2v) is 8.94. The fraction of sp³-hybridized carbons (Fsp3) is 0.333. The molecule has 1 atom stereocenters. The topological polar surface area (TPSA) is 105 Å². The Labute approximate surface area is 204 Å². The SMILES string of the molecule is Cc1cc(C)cc(N(C(=O)CNC(=O)c2ccco2)[C@H](C(=O)NC2CCCC2)c2ccncc2)c1. The van der Waals surface area contributed by atoms with Gasteiger partial charge in [0, 0.05) is 24.1 Å². The van der Waals surface area contributed by atoms with E-state index >= 15 is 0 Å². The van der Waals surface area contributed by atoms with Crippen LogP contribution in [0.4, 0.5) is 5.69 Å². The van der Waals surface area contributed by atoms with E-state index < -0.39 is 17.9 Å². The van der Waals surface area contributed by atoms with Crippen molar-refractivity contribution in [3.63, 3.8) is 0 Å². The fourth-order valence-corrected chi connectivity index (χ4v) is 4.58. The van der Waals surface area contributed by atoms with Crippen LogP contribution >= 0.6 is 0 Å². The van der Waals surface area contributed by atoms with Crippen LogP contribution in [0.1, 0.15) is 59.0 Å². The first-order valence-electron chi connectivity index (χ1n) is 11.8. The van der Waals surface area contributed by atoms with Gasteiger partial charge in [0.2, 0.25) is 11.8 Å². The lowest BCUT2D eigenvalue weighted by Crippen LogP contribution is -2.49. The van der Waals surface area contributed by atoms with Crippen molar-refractivity contribution in [2.45, 2.75) is 51.6 Å². The number of carbonyl (C=O) groups excluding carboxylic acids is 3. The summed E-state index contributed by atoms with van der Waals surface area (Å²) >= 11 is 0. The van der Waals surface area contributed by atoms with E-state index in [9.17, 15) is 14.4 Å². The number of aryl methyl sites for hydroxylation is 2. The number of amides is 3. The molecule has 0 saturated heterocycles. The van der Waals surface area contributed by atoms with Crippen molar-refractivity contribution in [1.82, 2.24) is 15.6 Å². The number of anilines is 1. The molecule has 8 nitrogen and oxygen atoms in total. The van der Waals surface area contributed by atoms with Gasteiger partial charge in [-0.25, -0.2) is 0 Å². The number of hydrogen-bond acceptors (Lipinski definition) is 5. The van der Waals surface area contributed by atoms with E-state index in [1.807, 2.05) is 32.0 Å². The molecule has 3 aromatic rings. The lowest BCUT2D eigenvalue weighted by molar-refractivity contribution is -0.126. The summed E-state index contributed by atoms with van der Waals surface area (Å²) in [5, 5.41) is 5.76. The van der Waals surface area contributed by atoms with Crippen molar-refractivity contribution in [3.05, 3.63) is 83.6 Å². The minimum absolute atomic E-state index is 0.0849. The van der Waals surface area contributed by atoms with Crippen LogP contribution in [0.3, 0.4) is 0 Å². The number of hydrogen-bond donors (Lipinski definition) is 2. The van der Waals surface area contributed by atoms with Crippen molar-refractivity contribution in [2.75, 3.05) is 11.4 Å². The Bertz CT molecular complexity index is 1150. The highest BCUT2D eigenvalue weighted by Crippen LogP contribution is 2.30. The predicted molar refractivity (Wildman–Crippen MR) is 132 cm³/mol. The third kappa shape index (κ3) is 5.95. The molecule has 1 aliphatic carbocycles. The van der Waals surface area contributed by atoms with Crippen molar-refractivity contribution < 1.29 is 18.8 Å². The minimum atomic E-state index is -0.923. The molecule has 0 bridgehead atoms. The van der Waals surface area contributed by atoms with Crippen LogP contribution in [0.5, 0.6) is 0 Å². The summed E-state index contributed by atoms with van der Waals surface area (Å²) in [7, 11) is 0. The molecule has 1 aromatic carbocycles. The van der Waals surface area contributed by atoms with Gasteiger partial charge >= 0.3 is 0 Å². The van der Waals surface area contributed by atoms with E-state index in [0.29, 0.717) is 11.3 Å². The molecule has 8 heteroatoms. The number of furan rings is 1. The molecule has 0 unspecified atom stereocenters. The summed E-state index contributed by atoms with van der Waals surface area (Å²) in [6.07, 6.45) is 8.59. The molecule has 1 saturated carbocycles. The highest BCUT2D eigenvalue weighted by atomic mass is 16.3. The van der Waals surface area contributed by atoms with Crippen molar-refractivity contribution in [1.29, 1.82) is 0 Å². The van der Waals surface area contributed by atoms with Gasteiger partial charge < -0.3 is 15.1 Å². The van der Waals surface area contributed by atoms with E-state index in [-0.39, 0.29) is 24.3 Å². The largest absolute Gasteiger partial charge is 0.459 e. The molecule has 2 aromatic heterocycles. The van der Waals surface area contributed by atoms with Crippen LogP contribution in [-0.4, -0.2) is 35.3 Å². The summed E-state index contributed by atoms with van der Waals surface area (Å²) in [6, 6.07) is 11.5. The summed E-state index contributed by atoms with van der Waals surface area (Å²) in [5.74, 6) is -1.06. The van der Waals surface area contributed by atoms with Crippen LogP contribution in [0.15, 0.2) is 65.5 Å². The number of carbonyl (C=O) groups is 3. The normalized spacial score (nSPS) is 14.3. The van der Waals surface area contributed by atoms with E-state index in [0.717, 1.165) is 36.8 Å². The second-order valence-electron chi connectivity index (χ2n) is 8.94. The molecule has 4 rings (SSSR count). The van der Waals surface area contributed by atoms with E-state index in [4.69, 9.17) is 4.42 Å². The Morgan fingerprint density at radius 1 is 1.06 bits per heavy atom. The number of nitrogens with one attached hydrogen (secondary N) is 2. The standard InChI is InChI=1S/C27H30N4O4/c1-18-14-19(2)16-22(15-18)31(24(32)17-29-26(33)23-8-5-13-35-23)25(20-9-11-28-12-10-20)27(34)30-21-6-3-4-7-21/h5,8-16,21,25H,3-4,6-7,17H2,1-2H3,(H,29,33)(H,30,34)/t25-/m0/s1. The van der Waals surface area contributed by atoms with Crippen LogP contribution in [-0.2, 0) is 9.59 Å². The van der Waals surface area contributed by atoms with Crippen molar-refractivity contribution in [2.24, 2.45) is 0 Å². The van der Waals surface area contributed by atoms with Crippen molar-refractivity contribution in [3.8, 4) is 0 Å². The lowest BCUT2D eigenvalue weighted by Gasteiger charge is -2.32. The third-order valence-corrected chi connectivity index (χ3v) is 6.13. The molecule has 1 fully saturated rings.